The van der Waals surface area contributed by atoms with Gasteiger partial charge in [0.2, 0.25) is 5.56 Å². The van der Waals surface area contributed by atoms with Gasteiger partial charge in [-0.1, -0.05) is 0 Å². The van der Waals surface area contributed by atoms with Crippen molar-refractivity contribution in [2.75, 3.05) is 5.32 Å². The quantitative estimate of drug-likeness (QED) is 0.646. The van der Waals surface area contributed by atoms with Gasteiger partial charge in [0.05, 0.1) is 5.69 Å². The molecule has 0 saturated heterocycles. The fourth-order valence-corrected chi connectivity index (χ4v) is 1.88. The Morgan fingerprint density at radius 3 is 2.86 bits per heavy atom. The van der Waals surface area contributed by atoms with Gasteiger partial charge in [-0.25, -0.2) is 0 Å². The van der Waals surface area contributed by atoms with Crippen molar-refractivity contribution in [2.24, 2.45) is 5.73 Å². The van der Waals surface area contributed by atoms with Crippen LogP contribution in [0.5, 0.6) is 0 Å². The highest BCUT2D eigenvalue weighted by atomic mass is 16.1. The summed E-state index contributed by atoms with van der Waals surface area (Å²) in [5.41, 5.74) is 6.70. The molecule has 0 amide bonds. The molecule has 0 bridgehead atoms. The van der Waals surface area contributed by atoms with Gasteiger partial charge in [-0.3, -0.25) is 4.79 Å². The van der Waals surface area contributed by atoms with Crippen molar-refractivity contribution in [3.63, 3.8) is 0 Å². The second-order valence-corrected chi connectivity index (χ2v) is 3.86. The highest BCUT2D eigenvalue weighted by Crippen LogP contribution is 2.20. The van der Waals surface area contributed by atoms with E-state index in [4.69, 9.17) is 5.73 Å². The van der Waals surface area contributed by atoms with Crippen LogP contribution < -0.4 is 16.6 Å². The molecule has 1 aliphatic carbocycles. The lowest BCUT2D eigenvalue weighted by atomic mass is 10.2. The Labute approximate surface area is 82.5 Å². The Balaban J connectivity index is 1.97. The van der Waals surface area contributed by atoms with E-state index in [2.05, 4.69) is 10.3 Å². The van der Waals surface area contributed by atoms with Crippen LogP contribution >= 0.6 is 0 Å². The van der Waals surface area contributed by atoms with E-state index in [1.807, 2.05) is 0 Å². The molecule has 4 heteroatoms. The fourth-order valence-electron chi connectivity index (χ4n) is 1.88. The standard InChI is InChI=1S/C10H15N3O/c11-7-1-2-8(5-7)13-9-3-4-10(14)12-6-9/h3-4,6-8,13H,1-2,5,11H2,(H,12,14). The maximum atomic E-state index is 10.8. The monoisotopic (exact) mass is 193 g/mol. The number of hydrogen-bond acceptors (Lipinski definition) is 3. The molecule has 1 aliphatic rings. The van der Waals surface area contributed by atoms with Crippen molar-refractivity contribution < 1.29 is 0 Å². The number of aromatic amines is 1. The summed E-state index contributed by atoms with van der Waals surface area (Å²) in [4.78, 5) is 13.4. The molecule has 4 nitrogen and oxygen atoms in total. The molecule has 2 unspecified atom stereocenters. The minimum absolute atomic E-state index is 0.0707. The molecule has 1 saturated carbocycles. The van der Waals surface area contributed by atoms with Crippen molar-refractivity contribution in [2.45, 2.75) is 31.3 Å². The molecule has 76 valence electrons. The van der Waals surface area contributed by atoms with Gasteiger partial charge in [0.25, 0.3) is 0 Å². The molecule has 14 heavy (non-hydrogen) atoms. The number of nitrogens with one attached hydrogen (secondary N) is 2. The third kappa shape index (κ3) is 2.14. The van der Waals surface area contributed by atoms with Crippen LogP contribution in [0.3, 0.4) is 0 Å². The van der Waals surface area contributed by atoms with Crippen LogP contribution in [0, 0.1) is 0 Å². The van der Waals surface area contributed by atoms with Crippen LogP contribution in [0.2, 0.25) is 0 Å². The Hall–Kier alpha value is -1.29. The van der Waals surface area contributed by atoms with Crippen molar-refractivity contribution in [3.05, 3.63) is 28.7 Å². The smallest absolute Gasteiger partial charge is 0.248 e. The van der Waals surface area contributed by atoms with Gasteiger partial charge in [0.1, 0.15) is 0 Å². The summed E-state index contributed by atoms with van der Waals surface area (Å²) in [6.45, 7) is 0. The fraction of sp³-hybridized carbons (Fsp3) is 0.500. The Morgan fingerprint density at radius 1 is 1.43 bits per heavy atom. The summed E-state index contributed by atoms with van der Waals surface area (Å²) in [5.74, 6) is 0. The highest BCUT2D eigenvalue weighted by Gasteiger charge is 2.21. The van der Waals surface area contributed by atoms with Gasteiger partial charge in [-0.2, -0.15) is 0 Å². The lowest BCUT2D eigenvalue weighted by Gasteiger charge is -2.12. The summed E-state index contributed by atoms with van der Waals surface area (Å²) in [6.07, 6.45) is 4.91. The Bertz CT molecular complexity index is 340. The van der Waals surface area contributed by atoms with Crippen molar-refractivity contribution in [1.29, 1.82) is 0 Å². The lowest BCUT2D eigenvalue weighted by molar-refractivity contribution is 0.687. The van der Waals surface area contributed by atoms with Crippen LogP contribution in [0.15, 0.2) is 23.1 Å². The molecule has 2 atom stereocenters. The van der Waals surface area contributed by atoms with Crippen LogP contribution in [0.25, 0.3) is 0 Å². The van der Waals surface area contributed by atoms with Gasteiger partial charge >= 0.3 is 0 Å². The predicted octanol–water partition coefficient (Wildman–Crippen LogP) is 0.667. The lowest BCUT2D eigenvalue weighted by Crippen LogP contribution is -2.21. The van der Waals surface area contributed by atoms with E-state index in [9.17, 15) is 4.79 Å². The molecule has 0 aromatic carbocycles. The molecule has 1 fully saturated rings. The van der Waals surface area contributed by atoms with E-state index in [0.29, 0.717) is 12.1 Å². The van der Waals surface area contributed by atoms with E-state index in [0.717, 1.165) is 24.9 Å². The SMILES string of the molecule is NC1CCC(Nc2ccc(=O)[nH]c2)C1. The molecule has 0 radical (unpaired) electrons. The molecule has 0 spiro atoms. The van der Waals surface area contributed by atoms with E-state index < -0.39 is 0 Å². The minimum atomic E-state index is -0.0707. The number of aromatic nitrogens is 1. The maximum Gasteiger partial charge on any atom is 0.248 e. The molecule has 0 aliphatic heterocycles. The van der Waals surface area contributed by atoms with Crippen molar-refractivity contribution >= 4 is 5.69 Å². The van der Waals surface area contributed by atoms with Gasteiger partial charge < -0.3 is 16.0 Å². The normalized spacial score (nSPS) is 26.4. The molecule has 1 heterocycles. The van der Waals surface area contributed by atoms with Crippen molar-refractivity contribution in [3.8, 4) is 0 Å². The molecule has 2 rings (SSSR count). The zero-order chi connectivity index (χ0) is 9.97. The third-order valence-electron chi connectivity index (χ3n) is 2.63. The predicted molar refractivity (Wildman–Crippen MR) is 56.3 cm³/mol. The van der Waals surface area contributed by atoms with Gasteiger partial charge in [-0.15, -0.1) is 0 Å². The van der Waals surface area contributed by atoms with Crippen molar-refractivity contribution in [1.82, 2.24) is 4.98 Å². The number of hydrogen-bond donors (Lipinski definition) is 3. The highest BCUT2D eigenvalue weighted by molar-refractivity contribution is 5.41. The van der Waals surface area contributed by atoms with Crippen LogP contribution in [-0.4, -0.2) is 17.1 Å². The summed E-state index contributed by atoms with van der Waals surface area (Å²) >= 11 is 0. The zero-order valence-corrected chi connectivity index (χ0v) is 7.99. The van der Waals surface area contributed by atoms with Gasteiger partial charge in [-0.05, 0) is 25.3 Å². The second-order valence-electron chi connectivity index (χ2n) is 3.86. The molecule has 1 aromatic rings. The molecular weight excluding hydrogens is 178 g/mol. The van der Waals surface area contributed by atoms with Gasteiger partial charge in [0, 0.05) is 24.3 Å². The van der Waals surface area contributed by atoms with E-state index in [1.165, 1.54) is 6.07 Å². The Kier molecular flexibility index (Phi) is 2.54. The first kappa shape index (κ1) is 9.27. The summed E-state index contributed by atoms with van der Waals surface area (Å²) < 4.78 is 0. The number of rotatable bonds is 2. The van der Waals surface area contributed by atoms with E-state index in [1.54, 1.807) is 12.3 Å². The first-order chi connectivity index (χ1) is 6.74. The van der Waals surface area contributed by atoms with Crippen LogP contribution in [0.4, 0.5) is 5.69 Å². The van der Waals surface area contributed by atoms with E-state index in [-0.39, 0.29) is 5.56 Å². The van der Waals surface area contributed by atoms with Gasteiger partial charge in [0.15, 0.2) is 0 Å². The number of anilines is 1. The van der Waals surface area contributed by atoms with E-state index >= 15 is 0 Å². The third-order valence-corrected chi connectivity index (χ3v) is 2.63. The zero-order valence-electron chi connectivity index (χ0n) is 7.99. The maximum absolute atomic E-state index is 10.8. The summed E-state index contributed by atoms with van der Waals surface area (Å²) in [7, 11) is 0. The molecule has 1 aromatic heterocycles. The molecule has 4 N–H and O–H groups in total. The average Bonchev–Trinajstić information content (AvgIpc) is 2.56. The van der Waals surface area contributed by atoms with Crippen LogP contribution in [-0.2, 0) is 0 Å². The minimum Gasteiger partial charge on any atom is -0.381 e. The topological polar surface area (TPSA) is 70.9 Å². The first-order valence-electron chi connectivity index (χ1n) is 4.95. The van der Waals surface area contributed by atoms with Crippen LogP contribution in [0.1, 0.15) is 19.3 Å². The summed E-state index contributed by atoms with van der Waals surface area (Å²) in [5, 5.41) is 3.35. The number of pyridine rings is 1. The molecular formula is C10H15N3O. The first-order valence-corrected chi connectivity index (χ1v) is 4.95. The average molecular weight is 193 g/mol. The summed E-state index contributed by atoms with van der Waals surface area (Å²) in [6, 6.07) is 4.10. The second kappa shape index (κ2) is 3.84. The number of nitrogens with two attached hydrogens (primary N) is 1. The Morgan fingerprint density at radius 2 is 2.29 bits per heavy atom. The number of H-pyrrole nitrogens is 1. The largest absolute Gasteiger partial charge is 0.381 e.